The van der Waals surface area contributed by atoms with Crippen LogP contribution < -0.4 is 14.8 Å². The van der Waals surface area contributed by atoms with Crippen molar-refractivity contribution < 1.29 is 33.0 Å². The first kappa shape index (κ1) is 19.9. The lowest BCUT2D eigenvalue weighted by atomic mass is 10.1. The second-order valence-electron chi connectivity index (χ2n) is 5.41. The zero-order chi connectivity index (χ0) is 20.0. The van der Waals surface area contributed by atoms with E-state index in [1.807, 2.05) is 0 Å². The zero-order valence-corrected chi connectivity index (χ0v) is 15.0. The highest BCUT2D eigenvalue weighted by Gasteiger charge is 2.22. The number of methoxy groups -OCH3 is 2. The third-order valence-electron chi connectivity index (χ3n) is 3.56. The summed E-state index contributed by atoms with van der Waals surface area (Å²) in [4.78, 5) is 35.5. The van der Waals surface area contributed by atoms with E-state index >= 15 is 0 Å². The van der Waals surface area contributed by atoms with Crippen LogP contribution in [0.5, 0.6) is 11.5 Å². The molecule has 142 valence electrons. The van der Waals surface area contributed by atoms with Gasteiger partial charge in [-0.3, -0.25) is 9.59 Å². The molecule has 2 rings (SSSR count). The van der Waals surface area contributed by atoms with Gasteiger partial charge in [-0.1, -0.05) is 6.07 Å². The summed E-state index contributed by atoms with van der Waals surface area (Å²) < 4.78 is 29.3. The van der Waals surface area contributed by atoms with Gasteiger partial charge in [-0.25, -0.2) is 9.18 Å². The number of anilines is 1. The molecule has 0 aliphatic heterocycles. The van der Waals surface area contributed by atoms with Crippen molar-refractivity contribution in [1.82, 2.24) is 0 Å². The van der Waals surface area contributed by atoms with Gasteiger partial charge in [-0.15, -0.1) is 0 Å². The normalized spacial score (nSPS) is 10.1. The zero-order valence-electron chi connectivity index (χ0n) is 15.0. The number of benzene rings is 2. The molecule has 2 aromatic carbocycles. The number of nitrogens with one attached hydrogen (secondary N) is 1. The van der Waals surface area contributed by atoms with Crippen molar-refractivity contribution in [2.45, 2.75) is 6.92 Å². The van der Waals surface area contributed by atoms with Crippen LogP contribution >= 0.6 is 0 Å². The van der Waals surface area contributed by atoms with Crippen LogP contribution in [0.1, 0.15) is 27.6 Å². The molecule has 1 amide bonds. The number of amides is 1. The van der Waals surface area contributed by atoms with E-state index in [9.17, 15) is 18.8 Å². The minimum absolute atomic E-state index is 0.0248. The summed E-state index contributed by atoms with van der Waals surface area (Å²) in [5.41, 5.74) is -0.0204. The average molecular weight is 375 g/mol. The molecule has 8 heteroatoms. The van der Waals surface area contributed by atoms with Crippen LogP contribution in [0.25, 0.3) is 0 Å². The molecular formula is C19H18FNO6. The van der Waals surface area contributed by atoms with E-state index in [-0.39, 0.29) is 34.2 Å². The number of halogens is 1. The third kappa shape index (κ3) is 4.81. The standard InChI is InChI=1S/C19H18FNO6/c1-11(22)21-12-7-8-13(14(20)9-12)15(23)10-27-19(24)18-16(25-2)5-4-6-17(18)26-3/h4-9H,10H2,1-3H3,(H,21,22). The SMILES string of the molecule is COc1cccc(OC)c1C(=O)OCC(=O)c1ccc(NC(C)=O)cc1F. The number of rotatable bonds is 7. The summed E-state index contributed by atoms with van der Waals surface area (Å²) in [5.74, 6) is -2.34. The molecule has 0 heterocycles. The van der Waals surface area contributed by atoms with Crippen LogP contribution in [0.4, 0.5) is 10.1 Å². The van der Waals surface area contributed by atoms with Crippen LogP contribution in [0.15, 0.2) is 36.4 Å². The van der Waals surface area contributed by atoms with E-state index in [0.717, 1.165) is 6.07 Å². The molecule has 7 nitrogen and oxygen atoms in total. The molecule has 0 atom stereocenters. The summed E-state index contributed by atoms with van der Waals surface area (Å²) >= 11 is 0. The van der Waals surface area contributed by atoms with Gasteiger partial charge in [0, 0.05) is 12.6 Å². The minimum atomic E-state index is -0.840. The van der Waals surface area contributed by atoms with Gasteiger partial charge in [0.25, 0.3) is 0 Å². The Morgan fingerprint density at radius 1 is 1.04 bits per heavy atom. The largest absolute Gasteiger partial charge is 0.496 e. The highest BCUT2D eigenvalue weighted by molar-refractivity contribution is 6.01. The predicted molar refractivity (Wildman–Crippen MR) is 94.9 cm³/mol. The van der Waals surface area contributed by atoms with Gasteiger partial charge in [-0.05, 0) is 30.3 Å². The molecular weight excluding hydrogens is 357 g/mol. The number of carbonyl (C=O) groups excluding carboxylic acids is 3. The van der Waals surface area contributed by atoms with Crippen molar-refractivity contribution in [3.8, 4) is 11.5 Å². The fraction of sp³-hybridized carbons (Fsp3) is 0.211. The number of ether oxygens (including phenoxy) is 3. The third-order valence-corrected chi connectivity index (χ3v) is 3.56. The summed E-state index contributed by atoms with van der Waals surface area (Å²) in [6.45, 7) is 0.610. The Kier molecular flexibility index (Phi) is 6.48. The van der Waals surface area contributed by atoms with Gasteiger partial charge < -0.3 is 19.5 Å². The van der Waals surface area contributed by atoms with Gasteiger partial charge in [0.15, 0.2) is 6.61 Å². The maximum Gasteiger partial charge on any atom is 0.346 e. The first-order chi connectivity index (χ1) is 12.9. The summed E-state index contributed by atoms with van der Waals surface area (Å²) in [6, 6.07) is 8.32. The Morgan fingerprint density at radius 2 is 1.67 bits per heavy atom. The smallest absolute Gasteiger partial charge is 0.346 e. The molecule has 0 aliphatic carbocycles. The van der Waals surface area contributed by atoms with Crippen LogP contribution in [0, 0.1) is 5.82 Å². The Morgan fingerprint density at radius 3 is 2.19 bits per heavy atom. The van der Waals surface area contributed by atoms with E-state index in [0.29, 0.717) is 0 Å². The van der Waals surface area contributed by atoms with Crippen LogP contribution in [-0.2, 0) is 9.53 Å². The van der Waals surface area contributed by atoms with E-state index in [1.54, 1.807) is 18.2 Å². The molecule has 2 aromatic rings. The van der Waals surface area contributed by atoms with Crippen LogP contribution in [-0.4, -0.2) is 38.5 Å². The lowest BCUT2D eigenvalue weighted by molar-refractivity contribution is -0.114. The fourth-order valence-electron chi connectivity index (χ4n) is 2.36. The Balaban J connectivity index is 2.12. The number of ketones is 1. The highest BCUT2D eigenvalue weighted by Crippen LogP contribution is 2.29. The first-order valence-electron chi connectivity index (χ1n) is 7.85. The van der Waals surface area contributed by atoms with Crippen molar-refractivity contribution in [1.29, 1.82) is 0 Å². The van der Waals surface area contributed by atoms with Crippen molar-refractivity contribution in [2.24, 2.45) is 0 Å². The molecule has 0 spiro atoms. The number of esters is 1. The Bertz CT molecular complexity index is 858. The summed E-state index contributed by atoms with van der Waals surface area (Å²) in [7, 11) is 2.76. The monoisotopic (exact) mass is 375 g/mol. The minimum Gasteiger partial charge on any atom is -0.496 e. The molecule has 0 saturated carbocycles. The number of hydrogen-bond donors (Lipinski definition) is 1. The van der Waals surface area contributed by atoms with Crippen molar-refractivity contribution in [3.05, 3.63) is 53.3 Å². The Hall–Kier alpha value is -3.42. The Labute approximate surface area is 155 Å². The van der Waals surface area contributed by atoms with Crippen LogP contribution in [0.2, 0.25) is 0 Å². The van der Waals surface area contributed by atoms with Gasteiger partial charge >= 0.3 is 5.97 Å². The number of hydrogen-bond acceptors (Lipinski definition) is 6. The lowest BCUT2D eigenvalue weighted by Crippen LogP contribution is -2.17. The quantitative estimate of drug-likeness (QED) is 0.591. The van der Waals surface area contributed by atoms with E-state index in [4.69, 9.17) is 14.2 Å². The molecule has 0 saturated heterocycles. The van der Waals surface area contributed by atoms with E-state index < -0.39 is 24.2 Å². The maximum atomic E-state index is 14.1. The molecule has 0 bridgehead atoms. The molecule has 0 fully saturated rings. The second-order valence-corrected chi connectivity index (χ2v) is 5.41. The van der Waals surface area contributed by atoms with Gasteiger partial charge in [0.1, 0.15) is 22.9 Å². The molecule has 0 radical (unpaired) electrons. The average Bonchev–Trinajstić information content (AvgIpc) is 2.64. The molecule has 27 heavy (non-hydrogen) atoms. The molecule has 0 aromatic heterocycles. The first-order valence-corrected chi connectivity index (χ1v) is 7.85. The topological polar surface area (TPSA) is 90.9 Å². The highest BCUT2D eigenvalue weighted by atomic mass is 19.1. The summed E-state index contributed by atoms with van der Waals surface area (Å²) in [6.07, 6.45) is 0. The molecule has 0 unspecified atom stereocenters. The number of carbonyl (C=O) groups is 3. The van der Waals surface area contributed by atoms with Gasteiger partial charge in [-0.2, -0.15) is 0 Å². The summed E-state index contributed by atoms with van der Waals surface area (Å²) in [5, 5.41) is 2.41. The molecule has 1 N–H and O–H groups in total. The van der Waals surface area contributed by atoms with E-state index in [1.165, 1.54) is 33.3 Å². The maximum absolute atomic E-state index is 14.1. The lowest BCUT2D eigenvalue weighted by Gasteiger charge is -2.12. The van der Waals surface area contributed by atoms with Crippen molar-refractivity contribution in [2.75, 3.05) is 26.1 Å². The van der Waals surface area contributed by atoms with Gasteiger partial charge in [0.2, 0.25) is 11.7 Å². The van der Waals surface area contributed by atoms with Crippen molar-refractivity contribution >= 4 is 23.3 Å². The molecule has 0 aliphatic rings. The van der Waals surface area contributed by atoms with Crippen LogP contribution in [0.3, 0.4) is 0 Å². The van der Waals surface area contributed by atoms with Crippen molar-refractivity contribution in [3.63, 3.8) is 0 Å². The fourth-order valence-corrected chi connectivity index (χ4v) is 2.36. The predicted octanol–water partition coefficient (Wildman–Crippen LogP) is 2.84. The second kappa shape index (κ2) is 8.79. The van der Waals surface area contributed by atoms with E-state index in [2.05, 4.69) is 5.32 Å². The van der Waals surface area contributed by atoms with Gasteiger partial charge in [0.05, 0.1) is 19.8 Å². The number of Topliss-reactive ketones (excluding diaryl/α,β-unsaturated/α-hetero) is 1.